The minimum absolute atomic E-state index is 0.122. The van der Waals surface area contributed by atoms with Gasteiger partial charge in [-0.25, -0.2) is 4.79 Å². The lowest BCUT2D eigenvalue weighted by Gasteiger charge is -2.34. The third-order valence-electron chi connectivity index (χ3n) is 3.20. The zero-order chi connectivity index (χ0) is 11.2. The van der Waals surface area contributed by atoms with Crippen LogP contribution in [0.15, 0.2) is 0 Å². The molecule has 2 rings (SSSR count). The molecular formula is C9H11NO5. The summed E-state index contributed by atoms with van der Waals surface area (Å²) < 4.78 is 0. The van der Waals surface area contributed by atoms with E-state index in [2.05, 4.69) is 0 Å². The van der Waals surface area contributed by atoms with Gasteiger partial charge in [-0.15, -0.1) is 0 Å². The average molecular weight is 213 g/mol. The van der Waals surface area contributed by atoms with Gasteiger partial charge in [-0.2, -0.15) is 0 Å². The zero-order valence-corrected chi connectivity index (χ0v) is 7.92. The summed E-state index contributed by atoms with van der Waals surface area (Å²) in [6.07, 6.45) is 0.0444. The Balaban J connectivity index is 2.26. The van der Waals surface area contributed by atoms with E-state index >= 15 is 0 Å². The quantitative estimate of drug-likeness (QED) is 0.605. The van der Waals surface area contributed by atoms with Gasteiger partial charge >= 0.3 is 12.1 Å². The van der Waals surface area contributed by atoms with Crippen molar-refractivity contribution in [2.45, 2.75) is 31.3 Å². The first kappa shape index (κ1) is 9.95. The van der Waals surface area contributed by atoms with Crippen molar-refractivity contribution in [1.82, 2.24) is 4.90 Å². The number of carboxylic acid groups (broad SMARTS) is 2. The number of fused-ring (bicyclic) bond motifs is 2. The highest BCUT2D eigenvalue weighted by Crippen LogP contribution is 2.36. The van der Waals surface area contributed by atoms with Gasteiger partial charge in [0.05, 0.1) is 6.04 Å². The predicted molar refractivity (Wildman–Crippen MR) is 47.4 cm³/mol. The molecule has 0 aliphatic carbocycles. The van der Waals surface area contributed by atoms with E-state index in [4.69, 9.17) is 10.2 Å². The van der Waals surface area contributed by atoms with Crippen molar-refractivity contribution in [3.05, 3.63) is 0 Å². The van der Waals surface area contributed by atoms with Crippen molar-refractivity contribution < 1.29 is 24.6 Å². The third-order valence-corrected chi connectivity index (χ3v) is 3.20. The number of aliphatic carboxylic acids is 1. The topological polar surface area (TPSA) is 94.9 Å². The molecule has 2 N–H and O–H groups in total. The molecule has 2 bridgehead atoms. The summed E-state index contributed by atoms with van der Waals surface area (Å²) in [6.45, 7) is 0. The fourth-order valence-electron chi connectivity index (χ4n) is 2.53. The largest absolute Gasteiger partial charge is 0.481 e. The minimum atomic E-state index is -1.14. The molecule has 2 heterocycles. The second-order valence-corrected chi connectivity index (χ2v) is 3.97. The highest BCUT2D eigenvalue weighted by molar-refractivity contribution is 6.03. The fourth-order valence-corrected chi connectivity index (χ4v) is 2.53. The van der Waals surface area contributed by atoms with Crippen LogP contribution in [0.3, 0.4) is 0 Å². The Hall–Kier alpha value is -1.59. The van der Waals surface area contributed by atoms with Gasteiger partial charge in [0.1, 0.15) is 5.92 Å². The maximum Gasteiger partial charge on any atom is 0.408 e. The molecule has 3 atom stereocenters. The van der Waals surface area contributed by atoms with Crippen LogP contribution in [0.25, 0.3) is 0 Å². The molecule has 0 radical (unpaired) electrons. The van der Waals surface area contributed by atoms with Crippen molar-refractivity contribution in [3.8, 4) is 0 Å². The van der Waals surface area contributed by atoms with Gasteiger partial charge in [-0.1, -0.05) is 0 Å². The number of ketones is 1. The van der Waals surface area contributed by atoms with E-state index in [1.54, 1.807) is 0 Å². The second-order valence-electron chi connectivity index (χ2n) is 3.97. The van der Waals surface area contributed by atoms with E-state index in [1.165, 1.54) is 0 Å². The first-order valence-electron chi connectivity index (χ1n) is 4.80. The summed E-state index contributed by atoms with van der Waals surface area (Å²) >= 11 is 0. The summed E-state index contributed by atoms with van der Waals surface area (Å²) in [4.78, 5) is 34.4. The van der Waals surface area contributed by atoms with Crippen LogP contribution in [0.1, 0.15) is 19.3 Å². The van der Waals surface area contributed by atoms with Crippen LogP contribution in [0, 0.1) is 5.92 Å². The molecule has 1 amide bonds. The standard InChI is InChI=1S/C9H11NO5/c11-7-5(8(12)13)3-4-1-2-6(7)10(4)9(14)15/h4-6H,1-3H2,(H,12,13)(H,14,15). The molecule has 15 heavy (non-hydrogen) atoms. The molecule has 0 spiro atoms. The van der Waals surface area contributed by atoms with Crippen molar-refractivity contribution in [2.75, 3.05) is 0 Å². The third kappa shape index (κ3) is 1.36. The molecule has 82 valence electrons. The molecule has 0 saturated carbocycles. The number of Topliss-reactive ketones (excluding diaryl/α,β-unsaturated/α-hetero) is 1. The number of piperidine rings is 1. The van der Waals surface area contributed by atoms with Crippen molar-refractivity contribution in [3.63, 3.8) is 0 Å². The number of carbonyl (C=O) groups is 3. The smallest absolute Gasteiger partial charge is 0.408 e. The Morgan fingerprint density at radius 3 is 2.47 bits per heavy atom. The van der Waals surface area contributed by atoms with Crippen LogP contribution >= 0.6 is 0 Å². The van der Waals surface area contributed by atoms with Crippen molar-refractivity contribution in [2.24, 2.45) is 5.92 Å². The average Bonchev–Trinajstić information content (AvgIpc) is 2.49. The molecule has 2 saturated heterocycles. The van der Waals surface area contributed by atoms with Gasteiger partial charge in [-0.3, -0.25) is 14.5 Å². The number of carboxylic acids is 1. The van der Waals surface area contributed by atoms with Gasteiger partial charge < -0.3 is 10.2 Å². The predicted octanol–water partition coefficient (Wildman–Crippen LogP) is 0.171. The highest BCUT2D eigenvalue weighted by atomic mass is 16.4. The number of hydrogen-bond donors (Lipinski definition) is 2. The number of nitrogens with zero attached hydrogens (tertiary/aromatic N) is 1. The van der Waals surface area contributed by atoms with Crippen LogP contribution in [0.2, 0.25) is 0 Å². The molecular weight excluding hydrogens is 202 g/mol. The number of amides is 1. The molecule has 3 unspecified atom stereocenters. The Kier molecular flexibility index (Phi) is 2.13. The lowest BCUT2D eigenvalue weighted by atomic mass is 9.90. The van der Waals surface area contributed by atoms with Gasteiger partial charge in [-0.05, 0) is 19.3 Å². The van der Waals surface area contributed by atoms with Gasteiger partial charge in [0.2, 0.25) is 0 Å². The van der Waals surface area contributed by atoms with Crippen LogP contribution in [0.5, 0.6) is 0 Å². The highest BCUT2D eigenvalue weighted by Gasteiger charge is 2.51. The van der Waals surface area contributed by atoms with E-state index in [0.717, 1.165) is 4.90 Å². The maximum atomic E-state index is 11.7. The Morgan fingerprint density at radius 2 is 1.93 bits per heavy atom. The maximum absolute atomic E-state index is 11.7. The van der Waals surface area contributed by atoms with Crippen LogP contribution in [-0.2, 0) is 9.59 Å². The zero-order valence-electron chi connectivity index (χ0n) is 7.92. The monoisotopic (exact) mass is 213 g/mol. The summed E-state index contributed by atoms with van der Waals surface area (Å²) in [7, 11) is 0. The first-order chi connectivity index (χ1) is 7.02. The van der Waals surface area contributed by atoms with Crippen molar-refractivity contribution in [1.29, 1.82) is 0 Å². The Morgan fingerprint density at radius 1 is 1.27 bits per heavy atom. The van der Waals surface area contributed by atoms with E-state index < -0.39 is 29.8 Å². The molecule has 2 fully saturated rings. The van der Waals surface area contributed by atoms with E-state index in [9.17, 15) is 14.4 Å². The van der Waals surface area contributed by atoms with Crippen molar-refractivity contribution >= 4 is 17.8 Å². The molecule has 2 aliphatic rings. The summed E-state index contributed by atoms with van der Waals surface area (Å²) in [6, 6.07) is -1.03. The number of hydrogen-bond acceptors (Lipinski definition) is 3. The lowest BCUT2D eigenvalue weighted by molar-refractivity contribution is -0.150. The van der Waals surface area contributed by atoms with Gasteiger partial charge in [0.25, 0.3) is 0 Å². The normalized spacial score (nSPS) is 34.3. The molecule has 6 nitrogen and oxygen atoms in total. The molecule has 0 aromatic carbocycles. The number of carbonyl (C=O) groups excluding carboxylic acids is 1. The minimum Gasteiger partial charge on any atom is -0.481 e. The molecule has 0 aromatic rings. The SMILES string of the molecule is O=C(O)C1CC2CCC(C1=O)N2C(=O)O. The second kappa shape index (κ2) is 3.22. The summed E-state index contributed by atoms with van der Waals surface area (Å²) in [5, 5.41) is 17.7. The van der Waals surface area contributed by atoms with E-state index in [1.807, 2.05) is 0 Å². The van der Waals surface area contributed by atoms with E-state index in [0.29, 0.717) is 12.8 Å². The Bertz CT molecular complexity index is 339. The Labute approximate surface area is 85.5 Å². The van der Waals surface area contributed by atoms with E-state index in [-0.39, 0.29) is 12.5 Å². The fraction of sp³-hybridized carbons (Fsp3) is 0.667. The molecule has 6 heteroatoms. The lowest BCUT2D eigenvalue weighted by Crippen LogP contribution is -2.53. The first-order valence-corrected chi connectivity index (χ1v) is 4.80. The van der Waals surface area contributed by atoms with Crippen LogP contribution in [-0.4, -0.2) is 45.0 Å². The molecule has 2 aliphatic heterocycles. The van der Waals surface area contributed by atoms with Gasteiger partial charge in [0, 0.05) is 6.04 Å². The van der Waals surface area contributed by atoms with Gasteiger partial charge in [0.15, 0.2) is 5.78 Å². The summed E-state index contributed by atoms with van der Waals surface area (Å²) in [5.74, 6) is -2.61. The summed E-state index contributed by atoms with van der Waals surface area (Å²) in [5.41, 5.74) is 0. The number of rotatable bonds is 1. The van der Waals surface area contributed by atoms with Crippen LogP contribution < -0.4 is 0 Å². The molecule has 0 aromatic heterocycles. The van der Waals surface area contributed by atoms with Crippen LogP contribution in [0.4, 0.5) is 4.79 Å².